The first-order valence-corrected chi connectivity index (χ1v) is 3.65. The molecule has 0 aromatic carbocycles. The minimum atomic E-state index is -1.22. The van der Waals surface area contributed by atoms with Gasteiger partial charge in [-0.05, 0) is 6.92 Å². The number of ether oxygens (including phenoxy) is 2. The molecule has 1 saturated heterocycles. The van der Waals surface area contributed by atoms with Gasteiger partial charge < -0.3 is 14.6 Å². The van der Waals surface area contributed by atoms with Crippen LogP contribution in [-0.2, 0) is 9.47 Å². The average Bonchev–Trinajstić information content (AvgIpc) is 1.97. The number of rotatable bonds is 1. The standard InChI is InChI=1S/C7H13FO3/c1-4-6(9)3-5(8)7(10-2)11-4/h4-7,9H,3H2,1-2H3/t4-,5+,6-,7+/m0/s1. The van der Waals surface area contributed by atoms with E-state index in [4.69, 9.17) is 14.6 Å². The maximum Gasteiger partial charge on any atom is 0.188 e. The third kappa shape index (κ3) is 1.89. The molecule has 1 rings (SSSR count). The Morgan fingerprint density at radius 2 is 2.27 bits per heavy atom. The zero-order valence-corrected chi connectivity index (χ0v) is 6.66. The summed E-state index contributed by atoms with van der Waals surface area (Å²) in [5.74, 6) is 0. The number of aliphatic hydroxyl groups excluding tert-OH is 1. The summed E-state index contributed by atoms with van der Waals surface area (Å²) in [5, 5.41) is 9.14. The van der Waals surface area contributed by atoms with Crippen molar-refractivity contribution in [3.05, 3.63) is 0 Å². The zero-order valence-electron chi connectivity index (χ0n) is 6.66. The van der Waals surface area contributed by atoms with Crippen molar-refractivity contribution >= 4 is 0 Å². The quantitative estimate of drug-likeness (QED) is 0.612. The van der Waals surface area contributed by atoms with E-state index < -0.39 is 18.6 Å². The maximum atomic E-state index is 12.9. The van der Waals surface area contributed by atoms with E-state index in [0.29, 0.717) is 0 Å². The molecule has 0 aromatic rings. The Labute approximate surface area is 65.1 Å². The molecule has 1 fully saturated rings. The summed E-state index contributed by atoms with van der Waals surface area (Å²) in [6.45, 7) is 1.70. The van der Waals surface area contributed by atoms with Gasteiger partial charge in [0, 0.05) is 13.5 Å². The van der Waals surface area contributed by atoms with Crippen LogP contribution in [0.5, 0.6) is 0 Å². The molecule has 0 amide bonds. The molecule has 1 heterocycles. The van der Waals surface area contributed by atoms with Crippen molar-refractivity contribution < 1.29 is 19.0 Å². The zero-order chi connectivity index (χ0) is 8.43. The van der Waals surface area contributed by atoms with Gasteiger partial charge in [0.2, 0.25) is 0 Å². The van der Waals surface area contributed by atoms with Crippen LogP contribution >= 0.6 is 0 Å². The molecule has 1 aliphatic rings. The highest BCUT2D eigenvalue weighted by atomic mass is 19.1. The third-order valence-electron chi connectivity index (χ3n) is 1.88. The summed E-state index contributed by atoms with van der Waals surface area (Å²) in [5.41, 5.74) is 0. The topological polar surface area (TPSA) is 38.7 Å². The fourth-order valence-corrected chi connectivity index (χ4v) is 1.12. The van der Waals surface area contributed by atoms with Crippen LogP contribution in [0.3, 0.4) is 0 Å². The largest absolute Gasteiger partial charge is 0.390 e. The van der Waals surface area contributed by atoms with E-state index in [1.807, 2.05) is 0 Å². The van der Waals surface area contributed by atoms with E-state index in [1.165, 1.54) is 7.11 Å². The average molecular weight is 164 g/mol. The van der Waals surface area contributed by atoms with Crippen molar-refractivity contribution in [3.8, 4) is 0 Å². The van der Waals surface area contributed by atoms with E-state index >= 15 is 0 Å². The predicted octanol–water partition coefficient (Wildman–Crippen LogP) is 0.467. The second-order valence-electron chi connectivity index (χ2n) is 2.76. The van der Waals surface area contributed by atoms with Gasteiger partial charge in [-0.1, -0.05) is 0 Å². The molecule has 4 heteroatoms. The third-order valence-corrected chi connectivity index (χ3v) is 1.88. The lowest BCUT2D eigenvalue weighted by Crippen LogP contribution is -2.44. The first-order valence-electron chi connectivity index (χ1n) is 3.65. The minimum absolute atomic E-state index is 0.0969. The normalized spacial score (nSPS) is 45.8. The summed E-state index contributed by atoms with van der Waals surface area (Å²) in [7, 11) is 1.39. The van der Waals surface area contributed by atoms with Gasteiger partial charge >= 0.3 is 0 Å². The maximum absolute atomic E-state index is 12.9. The predicted molar refractivity (Wildman–Crippen MR) is 36.9 cm³/mol. The van der Waals surface area contributed by atoms with E-state index in [1.54, 1.807) is 6.92 Å². The molecule has 66 valence electrons. The van der Waals surface area contributed by atoms with Crippen LogP contribution in [0.1, 0.15) is 13.3 Å². The summed E-state index contributed by atoms with van der Waals surface area (Å²) in [6.07, 6.45) is -2.98. The highest BCUT2D eigenvalue weighted by molar-refractivity contribution is 4.78. The van der Waals surface area contributed by atoms with Crippen LogP contribution in [0, 0.1) is 0 Å². The molecule has 3 nitrogen and oxygen atoms in total. The van der Waals surface area contributed by atoms with Crippen LogP contribution in [0.25, 0.3) is 0 Å². The van der Waals surface area contributed by atoms with Crippen molar-refractivity contribution in [1.29, 1.82) is 0 Å². The van der Waals surface area contributed by atoms with E-state index in [2.05, 4.69) is 0 Å². The van der Waals surface area contributed by atoms with Crippen LogP contribution < -0.4 is 0 Å². The molecule has 11 heavy (non-hydrogen) atoms. The fraction of sp³-hybridized carbons (Fsp3) is 1.00. The molecule has 0 saturated carbocycles. The Bertz CT molecular complexity index is 131. The van der Waals surface area contributed by atoms with Gasteiger partial charge in [-0.25, -0.2) is 4.39 Å². The molecule has 0 aromatic heterocycles. The van der Waals surface area contributed by atoms with Crippen molar-refractivity contribution in [1.82, 2.24) is 0 Å². The molecule has 0 radical (unpaired) electrons. The van der Waals surface area contributed by atoms with E-state index in [9.17, 15) is 4.39 Å². The Balaban J connectivity index is 2.48. The smallest absolute Gasteiger partial charge is 0.188 e. The van der Waals surface area contributed by atoms with Gasteiger partial charge in [-0.2, -0.15) is 0 Å². The van der Waals surface area contributed by atoms with Crippen molar-refractivity contribution in [2.45, 2.75) is 38.0 Å². The van der Waals surface area contributed by atoms with Crippen molar-refractivity contribution in [3.63, 3.8) is 0 Å². The molecule has 0 bridgehead atoms. The molecular weight excluding hydrogens is 151 g/mol. The first kappa shape index (κ1) is 8.90. The lowest BCUT2D eigenvalue weighted by atomic mass is 10.1. The molecular formula is C7H13FO3. The highest BCUT2D eigenvalue weighted by Crippen LogP contribution is 2.22. The van der Waals surface area contributed by atoms with Crippen LogP contribution in [0.4, 0.5) is 4.39 Å². The van der Waals surface area contributed by atoms with Gasteiger partial charge in [0.1, 0.15) is 0 Å². The first-order chi connectivity index (χ1) is 5.15. The van der Waals surface area contributed by atoms with E-state index in [0.717, 1.165) is 0 Å². The second-order valence-corrected chi connectivity index (χ2v) is 2.76. The second kappa shape index (κ2) is 3.47. The minimum Gasteiger partial charge on any atom is -0.390 e. The molecule has 4 atom stereocenters. The van der Waals surface area contributed by atoms with Crippen LogP contribution in [-0.4, -0.2) is 36.9 Å². The molecule has 0 unspecified atom stereocenters. The monoisotopic (exact) mass is 164 g/mol. The fourth-order valence-electron chi connectivity index (χ4n) is 1.12. The number of halogens is 1. The summed E-state index contributed by atoms with van der Waals surface area (Å²) in [4.78, 5) is 0. The number of hydrogen-bond acceptors (Lipinski definition) is 3. The Morgan fingerprint density at radius 1 is 1.64 bits per heavy atom. The molecule has 0 aliphatic carbocycles. The summed E-state index contributed by atoms with van der Waals surface area (Å²) >= 11 is 0. The van der Waals surface area contributed by atoms with Crippen molar-refractivity contribution in [2.75, 3.05) is 7.11 Å². The van der Waals surface area contributed by atoms with Gasteiger partial charge in [0.15, 0.2) is 12.5 Å². The Hall–Kier alpha value is -0.190. The summed E-state index contributed by atoms with van der Waals surface area (Å²) < 4.78 is 22.6. The number of aliphatic hydroxyl groups is 1. The van der Waals surface area contributed by atoms with Gasteiger partial charge in [-0.15, -0.1) is 0 Å². The highest BCUT2D eigenvalue weighted by Gasteiger charge is 2.34. The van der Waals surface area contributed by atoms with Crippen LogP contribution in [0.15, 0.2) is 0 Å². The van der Waals surface area contributed by atoms with Gasteiger partial charge in [0.25, 0.3) is 0 Å². The van der Waals surface area contributed by atoms with Crippen LogP contribution in [0.2, 0.25) is 0 Å². The lowest BCUT2D eigenvalue weighted by molar-refractivity contribution is -0.236. The Kier molecular flexibility index (Phi) is 2.81. The molecule has 1 aliphatic heterocycles. The van der Waals surface area contributed by atoms with Gasteiger partial charge in [0.05, 0.1) is 12.2 Å². The molecule has 0 spiro atoms. The number of methoxy groups -OCH3 is 1. The summed E-state index contributed by atoms with van der Waals surface area (Å²) in [6, 6.07) is 0. The van der Waals surface area contributed by atoms with Gasteiger partial charge in [-0.3, -0.25) is 0 Å². The SMILES string of the molecule is CO[C@@H]1O[C@@H](C)[C@@H](O)C[C@H]1F. The Morgan fingerprint density at radius 3 is 2.82 bits per heavy atom. The lowest BCUT2D eigenvalue weighted by Gasteiger charge is -2.33. The number of hydrogen-bond donors (Lipinski definition) is 1. The molecule has 1 N–H and O–H groups in total. The number of alkyl halides is 1. The van der Waals surface area contributed by atoms with E-state index in [-0.39, 0.29) is 12.5 Å². The van der Waals surface area contributed by atoms with Crippen molar-refractivity contribution in [2.24, 2.45) is 0 Å².